The number of nitrogens with one attached hydrogen (secondary N) is 1. The van der Waals surface area contributed by atoms with Crippen LogP contribution in [0, 0.1) is 5.92 Å². The van der Waals surface area contributed by atoms with Gasteiger partial charge < -0.3 is 19.7 Å². The smallest absolute Gasteiger partial charge is 0.240 e. The lowest BCUT2D eigenvalue weighted by atomic mass is 10.0. The number of rotatable bonds is 3. The molecule has 0 aromatic heterocycles. The molecule has 1 aromatic rings. The summed E-state index contributed by atoms with van der Waals surface area (Å²) in [4.78, 5) is 14.2. The Hall–Kier alpha value is -1.75. The number of benzene rings is 1. The maximum atomic E-state index is 12.4. The van der Waals surface area contributed by atoms with Gasteiger partial charge in [-0.15, -0.1) is 0 Å². The summed E-state index contributed by atoms with van der Waals surface area (Å²) in [6, 6.07) is 5.77. The normalized spacial score (nSPS) is 23.9. The van der Waals surface area contributed by atoms with Crippen LogP contribution in [0.3, 0.4) is 0 Å². The second-order valence-corrected chi connectivity index (χ2v) is 5.58. The molecule has 2 heterocycles. The van der Waals surface area contributed by atoms with Gasteiger partial charge >= 0.3 is 0 Å². The zero-order valence-electron chi connectivity index (χ0n) is 11.9. The summed E-state index contributed by atoms with van der Waals surface area (Å²) in [7, 11) is 1.85. The predicted molar refractivity (Wildman–Crippen MR) is 74.6 cm³/mol. The number of fused-ring (bicyclic) bond motifs is 1. The second kappa shape index (κ2) is 5.32. The maximum Gasteiger partial charge on any atom is 0.240 e. The van der Waals surface area contributed by atoms with E-state index >= 15 is 0 Å². The Morgan fingerprint density at radius 1 is 1.40 bits per heavy atom. The zero-order valence-corrected chi connectivity index (χ0v) is 11.9. The highest BCUT2D eigenvalue weighted by Crippen LogP contribution is 2.32. The van der Waals surface area contributed by atoms with Crippen molar-refractivity contribution >= 4 is 5.91 Å². The predicted octanol–water partition coefficient (Wildman–Crippen LogP) is 1.37. The van der Waals surface area contributed by atoms with Gasteiger partial charge in [-0.05, 0) is 36.6 Å². The quantitative estimate of drug-likeness (QED) is 0.906. The van der Waals surface area contributed by atoms with Crippen molar-refractivity contribution in [2.45, 2.75) is 25.9 Å². The van der Waals surface area contributed by atoms with Crippen LogP contribution in [0.5, 0.6) is 11.5 Å². The van der Waals surface area contributed by atoms with Gasteiger partial charge in [0.15, 0.2) is 11.5 Å². The minimum absolute atomic E-state index is 0.0472. The Bertz CT molecular complexity index is 518. The van der Waals surface area contributed by atoms with Crippen LogP contribution >= 0.6 is 0 Å². The van der Waals surface area contributed by atoms with Gasteiger partial charge in [-0.3, -0.25) is 4.79 Å². The van der Waals surface area contributed by atoms with E-state index in [2.05, 4.69) is 12.2 Å². The Kier molecular flexibility index (Phi) is 3.53. The van der Waals surface area contributed by atoms with Crippen molar-refractivity contribution in [3.63, 3.8) is 0 Å². The van der Waals surface area contributed by atoms with E-state index in [4.69, 9.17) is 9.47 Å². The van der Waals surface area contributed by atoms with E-state index in [0.29, 0.717) is 12.5 Å². The SMILES string of the molecule is CC1CCNC1C(=O)N(C)Cc1ccc2c(c1)OCO2. The molecule has 108 valence electrons. The van der Waals surface area contributed by atoms with E-state index < -0.39 is 0 Å². The van der Waals surface area contributed by atoms with Crippen molar-refractivity contribution in [1.82, 2.24) is 10.2 Å². The summed E-state index contributed by atoms with van der Waals surface area (Å²) in [6.45, 7) is 3.91. The molecule has 1 amide bonds. The number of carbonyl (C=O) groups excluding carboxylic acids is 1. The minimum atomic E-state index is -0.0472. The fraction of sp³-hybridized carbons (Fsp3) is 0.533. The van der Waals surface area contributed by atoms with Crippen LogP contribution in [0.2, 0.25) is 0 Å². The molecule has 2 atom stereocenters. The Morgan fingerprint density at radius 3 is 2.95 bits per heavy atom. The van der Waals surface area contributed by atoms with Crippen molar-refractivity contribution in [2.75, 3.05) is 20.4 Å². The minimum Gasteiger partial charge on any atom is -0.454 e. The average molecular weight is 276 g/mol. The molecule has 1 N–H and O–H groups in total. The van der Waals surface area contributed by atoms with E-state index in [9.17, 15) is 4.79 Å². The number of ether oxygens (including phenoxy) is 2. The molecule has 0 saturated carbocycles. The molecular weight excluding hydrogens is 256 g/mol. The Balaban J connectivity index is 1.66. The van der Waals surface area contributed by atoms with Gasteiger partial charge in [0, 0.05) is 13.6 Å². The highest BCUT2D eigenvalue weighted by atomic mass is 16.7. The van der Waals surface area contributed by atoms with Gasteiger partial charge in [0.1, 0.15) is 0 Å². The average Bonchev–Trinajstić information content (AvgIpc) is 3.05. The van der Waals surface area contributed by atoms with E-state index in [1.165, 1.54) is 0 Å². The lowest BCUT2D eigenvalue weighted by Gasteiger charge is -2.23. The summed E-state index contributed by atoms with van der Waals surface area (Å²) >= 11 is 0. The standard InChI is InChI=1S/C15H20N2O3/c1-10-5-6-16-14(10)15(18)17(2)8-11-3-4-12-13(7-11)20-9-19-12/h3-4,7,10,14,16H,5-6,8-9H2,1-2H3. The van der Waals surface area contributed by atoms with Crippen molar-refractivity contribution in [3.05, 3.63) is 23.8 Å². The van der Waals surface area contributed by atoms with Gasteiger partial charge in [0.05, 0.1) is 6.04 Å². The topological polar surface area (TPSA) is 50.8 Å². The molecule has 1 aromatic carbocycles. The van der Waals surface area contributed by atoms with E-state index in [-0.39, 0.29) is 18.7 Å². The number of nitrogens with zero attached hydrogens (tertiary/aromatic N) is 1. The summed E-state index contributed by atoms with van der Waals surface area (Å²) in [5.74, 6) is 2.10. The van der Waals surface area contributed by atoms with Gasteiger partial charge in [-0.25, -0.2) is 0 Å². The lowest BCUT2D eigenvalue weighted by molar-refractivity contribution is -0.133. The van der Waals surface area contributed by atoms with Crippen molar-refractivity contribution in [1.29, 1.82) is 0 Å². The van der Waals surface area contributed by atoms with Crippen LogP contribution in [0.1, 0.15) is 18.9 Å². The summed E-state index contributed by atoms with van der Waals surface area (Å²) in [5, 5.41) is 3.28. The molecule has 2 aliphatic rings. The molecule has 1 fully saturated rings. The largest absolute Gasteiger partial charge is 0.454 e. The van der Waals surface area contributed by atoms with Crippen molar-refractivity contribution < 1.29 is 14.3 Å². The monoisotopic (exact) mass is 276 g/mol. The molecule has 5 nitrogen and oxygen atoms in total. The van der Waals surface area contributed by atoms with Crippen molar-refractivity contribution in [3.8, 4) is 11.5 Å². The molecule has 0 spiro atoms. The summed E-state index contributed by atoms with van der Waals surface area (Å²) in [6.07, 6.45) is 1.06. The molecule has 20 heavy (non-hydrogen) atoms. The van der Waals surface area contributed by atoms with Gasteiger partial charge in [0.2, 0.25) is 12.7 Å². The highest BCUT2D eigenvalue weighted by molar-refractivity contribution is 5.82. The fourth-order valence-corrected chi connectivity index (χ4v) is 2.79. The number of likely N-dealkylation sites (N-methyl/N-ethyl adjacent to an activating group) is 1. The molecule has 0 aliphatic carbocycles. The third-order valence-corrected chi connectivity index (χ3v) is 4.03. The number of hydrogen-bond donors (Lipinski definition) is 1. The first-order valence-corrected chi connectivity index (χ1v) is 7.02. The Labute approximate surface area is 118 Å². The first-order valence-electron chi connectivity index (χ1n) is 7.02. The van der Waals surface area contributed by atoms with Crippen LogP contribution < -0.4 is 14.8 Å². The first-order chi connectivity index (χ1) is 9.65. The van der Waals surface area contributed by atoms with Crippen molar-refractivity contribution in [2.24, 2.45) is 5.92 Å². The Morgan fingerprint density at radius 2 is 2.20 bits per heavy atom. The van der Waals surface area contributed by atoms with E-state index in [1.807, 2.05) is 25.2 Å². The number of hydrogen-bond acceptors (Lipinski definition) is 4. The number of amides is 1. The van der Waals surface area contributed by atoms with Crippen LogP contribution in [0.25, 0.3) is 0 Å². The molecule has 5 heteroatoms. The fourth-order valence-electron chi connectivity index (χ4n) is 2.79. The van der Waals surface area contributed by atoms with Gasteiger partial charge in [0.25, 0.3) is 0 Å². The molecule has 0 radical (unpaired) electrons. The third-order valence-electron chi connectivity index (χ3n) is 4.03. The molecule has 2 aliphatic heterocycles. The molecule has 0 bridgehead atoms. The van der Waals surface area contributed by atoms with Crippen LogP contribution in [0.4, 0.5) is 0 Å². The van der Waals surface area contributed by atoms with E-state index in [0.717, 1.165) is 30.0 Å². The van der Waals surface area contributed by atoms with E-state index in [1.54, 1.807) is 4.90 Å². The van der Waals surface area contributed by atoms with Crippen LogP contribution in [-0.2, 0) is 11.3 Å². The molecule has 2 unspecified atom stereocenters. The third kappa shape index (κ3) is 2.45. The maximum absolute atomic E-state index is 12.4. The molecular formula is C15H20N2O3. The van der Waals surface area contributed by atoms with Crippen LogP contribution in [0.15, 0.2) is 18.2 Å². The summed E-state index contributed by atoms with van der Waals surface area (Å²) in [5.41, 5.74) is 1.05. The lowest BCUT2D eigenvalue weighted by Crippen LogP contribution is -2.43. The highest BCUT2D eigenvalue weighted by Gasteiger charge is 2.31. The van der Waals surface area contributed by atoms with Gasteiger partial charge in [-0.1, -0.05) is 13.0 Å². The number of carbonyl (C=O) groups is 1. The zero-order chi connectivity index (χ0) is 14.1. The summed E-state index contributed by atoms with van der Waals surface area (Å²) < 4.78 is 10.6. The second-order valence-electron chi connectivity index (χ2n) is 5.58. The molecule has 1 saturated heterocycles. The molecule has 3 rings (SSSR count). The van der Waals surface area contributed by atoms with Crippen LogP contribution in [-0.4, -0.2) is 37.2 Å². The van der Waals surface area contributed by atoms with Gasteiger partial charge in [-0.2, -0.15) is 0 Å². The first kappa shape index (κ1) is 13.2.